The summed E-state index contributed by atoms with van der Waals surface area (Å²) in [6.45, 7) is 2.11. The Morgan fingerprint density at radius 2 is 1.72 bits per heavy atom. The predicted octanol–water partition coefficient (Wildman–Crippen LogP) is 2.43. The monoisotopic (exact) mass is 363 g/mol. The molecule has 0 spiro atoms. The summed E-state index contributed by atoms with van der Waals surface area (Å²) in [5.74, 6) is -0.558. The maximum atomic E-state index is 12.2. The third kappa shape index (κ3) is 4.02. The second-order valence-electron chi connectivity index (χ2n) is 5.87. The molecule has 0 aliphatic carbocycles. The highest BCUT2D eigenvalue weighted by atomic mass is 32.2. The standard InChI is InChI=1S/C17H21N3O4S/c1-18-25(22,23)16-10-9-15(24-16)17(21)19-13-5-7-14(8-6-13)20-11-3-2-4-12-20/h5-10,18H,2-4,11-12H2,1H3,(H,19,21). The third-order valence-corrected chi connectivity index (χ3v) is 5.47. The molecule has 25 heavy (non-hydrogen) atoms. The number of hydrogen-bond acceptors (Lipinski definition) is 5. The van der Waals surface area contributed by atoms with Gasteiger partial charge in [0, 0.05) is 24.5 Å². The number of nitrogens with one attached hydrogen (secondary N) is 2. The van der Waals surface area contributed by atoms with Gasteiger partial charge in [0.05, 0.1) is 0 Å². The van der Waals surface area contributed by atoms with Crippen molar-refractivity contribution in [3.05, 3.63) is 42.2 Å². The van der Waals surface area contributed by atoms with Crippen LogP contribution in [0.4, 0.5) is 11.4 Å². The summed E-state index contributed by atoms with van der Waals surface area (Å²) >= 11 is 0. The van der Waals surface area contributed by atoms with E-state index in [9.17, 15) is 13.2 Å². The van der Waals surface area contributed by atoms with Crippen molar-refractivity contribution in [2.45, 2.75) is 24.4 Å². The van der Waals surface area contributed by atoms with E-state index in [1.807, 2.05) is 24.3 Å². The predicted molar refractivity (Wildman–Crippen MR) is 95.4 cm³/mol. The summed E-state index contributed by atoms with van der Waals surface area (Å²) in [6, 6.07) is 10.2. The van der Waals surface area contributed by atoms with Gasteiger partial charge in [-0.1, -0.05) is 0 Å². The van der Waals surface area contributed by atoms with Crippen LogP contribution in [0, 0.1) is 0 Å². The molecule has 2 aromatic rings. The summed E-state index contributed by atoms with van der Waals surface area (Å²) < 4.78 is 30.5. The van der Waals surface area contributed by atoms with Gasteiger partial charge in [0.2, 0.25) is 5.09 Å². The first-order chi connectivity index (χ1) is 12.0. The van der Waals surface area contributed by atoms with Gasteiger partial charge in [-0.05, 0) is 62.7 Å². The number of piperidine rings is 1. The van der Waals surface area contributed by atoms with Gasteiger partial charge < -0.3 is 14.6 Å². The molecule has 1 aromatic carbocycles. The summed E-state index contributed by atoms with van der Waals surface area (Å²) in [5, 5.41) is 2.41. The van der Waals surface area contributed by atoms with Gasteiger partial charge in [-0.2, -0.15) is 0 Å². The lowest BCUT2D eigenvalue weighted by molar-refractivity contribution is 0.0991. The van der Waals surface area contributed by atoms with Crippen LogP contribution in [0.5, 0.6) is 0 Å². The molecule has 7 nitrogen and oxygen atoms in total. The molecule has 1 fully saturated rings. The second-order valence-corrected chi connectivity index (χ2v) is 7.69. The second kappa shape index (κ2) is 7.28. The first kappa shape index (κ1) is 17.5. The molecule has 1 aliphatic heterocycles. The minimum absolute atomic E-state index is 0.0612. The number of benzene rings is 1. The zero-order valence-electron chi connectivity index (χ0n) is 14.0. The number of furan rings is 1. The Kier molecular flexibility index (Phi) is 5.10. The van der Waals surface area contributed by atoms with Crippen LogP contribution in [0.1, 0.15) is 29.8 Å². The average Bonchev–Trinajstić information content (AvgIpc) is 3.14. The average molecular weight is 363 g/mol. The Balaban J connectivity index is 1.67. The van der Waals surface area contributed by atoms with Crippen molar-refractivity contribution in [3.8, 4) is 0 Å². The Hall–Kier alpha value is -2.32. The smallest absolute Gasteiger partial charge is 0.291 e. The van der Waals surface area contributed by atoms with E-state index in [1.165, 1.54) is 38.4 Å². The van der Waals surface area contributed by atoms with E-state index in [4.69, 9.17) is 4.42 Å². The number of anilines is 2. The van der Waals surface area contributed by atoms with Gasteiger partial charge >= 0.3 is 0 Å². The van der Waals surface area contributed by atoms with Gasteiger partial charge in [-0.25, -0.2) is 13.1 Å². The van der Waals surface area contributed by atoms with Crippen LogP contribution in [-0.2, 0) is 10.0 Å². The lowest BCUT2D eigenvalue weighted by atomic mass is 10.1. The highest BCUT2D eigenvalue weighted by molar-refractivity contribution is 7.89. The van der Waals surface area contributed by atoms with Gasteiger partial charge in [0.1, 0.15) is 0 Å². The van der Waals surface area contributed by atoms with Crippen LogP contribution >= 0.6 is 0 Å². The minimum atomic E-state index is -3.70. The van der Waals surface area contributed by atoms with Crippen molar-refractivity contribution in [3.63, 3.8) is 0 Å². The number of carbonyl (C=O) groups is 1. The van der Waals surface area contributed by atoms with Gasteiger partial charge in [0.25, 0.3) is 15.9 Å². The van der Waals surface area contributed by atoms with Crippen molar-refractivity contribution in [2.75, 3.05) is 30.4 Å². The summed E-state index contributed by atoms with van der Waals surface area (Å²) in [5.41, 5.74) is 1.76. The highest BCUT2D eigenvalue weighted by Gasteiger charge is 2.19. The Labute approximate surface area is 147 Å². The van der Waals surface area contributed by atoms with Crippen LogP contribution in [0.3, 0.4) is 0 Å². The fraction of sp³-hybridized carbons (Fsp3) is 0.353. The van der Waals surface area contributed by atoms with Crippen LogP contribution in [-0.4, -0.2) is 34.5 Å². The molecule has 2 heterocycles. The number of nitrogens with zero attached hydrogens (tertiary/aromatic N) is 1. The summed E-state index contributed by atoms with van der Waals surface area (Å²) in [4.78, 5) is 14.5. The maximum Gasteiger partial charge on any atom is 0.291 e. The molecule has 0 atom stereocenters. The molecule has 1 saturated heterocycles. The van der Waals surface area contributed by atoms with E-state index in [2.05, 4.69) is 14.9 Å². The zero-order chi connectivity index (χ0) is 17.9. The fourth-order valence-corrected chi connectivity index (χ4v) is 3.44. The lowest BCUT2D eigenvalue weighted by Crippen LogP contribution is -2.29. The number of hydrogen-bond donors (Lipinski definition) is 2. The zero-order valence-corrected chi connectivity index (χ0v) is 14.8. The molecule has 1 amide bonds. The van der Waals surface area contributed by atoms with Crippen molar-refractivity contribution in [1.82, 2.24) is 4.72 Å². The van der Waals surface area contributed by atoms with Crippen molar-refractivity contribution >= 4 is 27.3 Å². The summed E-state index contributed by atoms with van der Waals surface area (Å²) in [6.07, 6.45) is 3.68. The number of amides is 1. The molecule has 134 valence electrons. The van der Waals surface area contributed by atoms with E-state index >= 15 is 0 Å². The Bertz CT molecular complexity index is 837. The minimum Gasteiger partial charge on any atom is -0.438 e. The molecular weight excluding hydrogens is 342 g/mol. The van der Waals surface area contributed by atoms with E-state index in [0.717, 1.165) is 18.8 Å². The van der Waals surface area contributed by atoms with E-state index in [1.54, 1.807) is 0 Å². The molecule has 0 bridgehead atoms. The third-order valence-electron chi connectivity index (χ3n) is 4.19. The lowest BCUT2D eigenvalue weighted by Gasteiger charge is -2.28. The van der Waals surface area contributed by atoms with Gasteiger partial charge in [-0.15, -0.1) is 0 Å². The van der Waals surface area contributed by atoms with Crippen LogP contribution < -0.4 is 14.9 Å². The van der Waals surface area contributed by atoms with Crippen molar-refractivity contribution < 1.29 is 17.6 Å². The molecule has 1 aliphatic rings. The van der Waals surface area contributed by atoms with E-state index < -0.39 is 15.9 Å². The normalized spacial score (nSPS) is 15.2. The molecular formula is C17H21N3O4S. The number of sulfonamides is 1. The molecule has 0 saturated carbocycles. The molecule has 0 unspecified atom stereocenters. The molecule has 0 radical (unpaired) electrons. The quantitative estimate of drug-likeness (QED) is 0.851. The topological polar surface area (TPSA) is 91.6 Å². The van der Waals surface area contributed by atoms with E-state index in [-0.39, 0.29) is 10.9 Å². The Morgan fingerprint density at radius 3 is 2.36 bits per heavy atom. The maximum absolute atomic E-state index is 12.2. The number of rotatable bonds is 5. The molecule has 1 aromatic heterocycles. The molecule has 2 N–H and O–H groups in total. The first-order valence-corrected chi connectivity index (χ1v) is 9.68. The SMILES string of the molecule is CNS(=O)(=O)c1ccc(C(=O)Nc2ccc(N3CCCCC3)cc2)o1. The van der Waals surface area contributed by atoms with Crippen LogP contribution in [0.2, 0.25) is 0 Å². The van der Waals surface area contributed by atoms with Crippen LogP contribution in [0.25, 0.3) is 0 Å². The van der Waals surface area contributed by atoms with Crippen molar-refractivity contribution in [1.29, 1.82) is 0 Å². The van der Waals surface area contributed by atoms with Gasteiger partial charge in [0.15, 0.2) is 5.76 Å². The molecule has 3 rings (SSSR count). The number of carbonyl (C=O) groups excluding carboxylic acids is 1. The van der Waals surface area contributed by atoms with E-state index in [0.29, 0.717) is 5.69 Å². The molecule has 8 heteroatoms. The van der Waals surface area contributed by atoms with Crippen molar-refractivity contribution in [2.24, 2.45) is 0 Å². The summed E-state index contributed by atoms with van der Waals surface area (Å²) in [7, 11) is -2.42. The first-order valence-electron chi connectivity index (χ1n) is 8.19. The van der Waals surface area contributed by atoms with Gasteiger partial charge in [-0.3, -0.25) is 4.79 Å². The Morgan fingerprint density at radius 1 is 1.04 bits per heavy atom. The van der Waals surface area contributed by atoms with Crippen LogP contribution in [0.15, 0.2) is 45.9 Å². The largest absolute Gasteiger partial charge is 0.438 e. The highest BCUT2D eigenvalue weighted by Crippen LogP contribution is 2.22. The fourth-order valence-electron chi connectivity index (χ4n) is 2.79.